The van der Waals surface area contributed by atoms with Gasteiger partial charge in [0.1, 0.15) is 0 Å². The summed E-state index contributed by atoms with van der Waals surface area (Å²) in [5.41, 5.74) is 3.64. The Balaban J connectivity index is 2.32. The van der Waals surface area contributed by atoms with Gasteiger partial charge in [-0.25, -0.2) is 0 Å². The van der Waals surface area contributed by atoms with Gasteiger partial charge >= 0.3 is 0 Å². The molecule has 0 radical (unpaired) electrons. The van der Waals surface area contributed by atoms with Crippen LogP contribution in [0.4, 0.5) is 0 Å². The van der Waals surface area contributed by atoms with Crippen LogP contribution in [-0.2, 0) is 0 Å². The van der Waals surface area contributed by atoms with Gasteiger partial charge in [0, 0.05) is 33.7 Å². The number of benzene rings is 1. The summed E-state index contributed by atoms with van der Waals surface area (Å²) in [7, 11) is 0. The number of hydrogen-bond acceptors (Lipinski definition) is 2. The summed E-state index contributed by atoms with van der Waals surface area (Å²) in [5, 5.41) is 4.65. The van der Waals surface area contributed by atoms with Gasteiger partial charge in [-0.1, -0.05) is 39.7 Å². The molecule has 0 unspecified atom stereocenters. The van der Waals surface area contributed by atoms with Crippen molar-refractivity contribution in [3.63, 3.8) is 0 Å². The Bertz CT molecular complexity index is 639. The van der Waals surface area contributed by atoms with Crippen molar-refractivity contribution in [1.29, 1.82) is 0 Å². The molecule has 0 aliphatic rings. The maximum atomic E-state index is 4.51. The topological polar surface area (TPSA) is 24.9 Å². The third-order valence-electron chi connectivity index (χ3n) is 3.05. The van der Waals surface area contributed by atoms with Crippen LogP contribution in [0.15, 0.2) is 40.5 Å². The monoisotopic (exact) mass is 332 g/mol. The Morgan fingerprint density at radius 2 is 2.05 bits per heavy atom. The molecule has 1 aromatic carbocycles. The predicted octanol–water partition coefficient (Wildman–Crippen LogP) is 4.79. The van der Waals surface area contributed by atoms with E-state index in [0.717, 1.165) is 27.5 Å². The number of fused-ring (bicyclic) bond motifs is 1. The number of aromatic nitrogens is 1. The highest BCUT2D eigenvalue weighted by molar-refractivity contribution is 9.10. The number of hydrogen-bond donors (Lipinski definition) is 1. The summed E-state index contributed by atoms with van der Waals surface area (Å²) in [6.45, 7) is 9.56. The van der Waals surface area contributed by atoms with Gasteiger partial charge in [-0.05, 0) is 39.8 Å². The highest BCUT2D eigenvalue weighted by Gasteiger charge is 2.08. The number of pyridine rings is 1. The van der Waals surface area contributed by atoms with Gasteiger partial charge in [0.05, 0.1) is 5.52 Å². The van der Waals surface area contributed by atoms with E-state index in [-0.39, 0.29) is 5.54 Å². The molecule has 1 aromatic heterocycles. The van der Waals surface area contributed by atoms with E-state index in [4.69, 9.17) is 0 Å². The smallest absolute Gasteiger partial charge is 0.0785 e. The van der Waals surface area contributed by atoms with Crippen LogP contribution in [0, 0.1) is 0 Å². The van der Waals surface area contributed by atoms with Crippen LogP contribution in [0.2, 0.25) is 0 Å². The molecule has 0 fully saturated rings. The molecule has 1 N–H and O–H groups in total. The van der Waals surface area contributed by atoms with E-state index in [0.29, 0.717) is 0 Å². The van der Waals surface area contributed by atoms with E-state index < -0.39 is 0 Å². The fourth-order valence-electron chi connectivity index (χ4n) is 2.00. The first-order valence-electron chi connectivity index (χ1n) is 6.82. The molecule has 0 spiro atoms. The number of halogens is 1. The van der Waals surface area contributed by atoms with Crippen molar-refractivity contribution in [2.45, 2.75) is 33.2 Å². The standard InChI is InChI=1S/C17H21BrN2/c1-12(11-20-17(2,3)4)10-13-7-8-15(18)14-6-5-9-19-16(13)14/h5-10,20H,11H2,1-4H3/b12-10-. The largest absolute Gasteiger partial charge is 0.308 e. The van der Waals surface area contributed by atoms with Crippen LogP contribution in [0.3, 0.4) is 0 Å². The Morgan fingerprint density at radius 1 is 1.30 bits per heavy atom. The molecular formula is C17H21BrN2. The second kappa shape index (κ2) is 6.06. The minimum Gasteiger partial charge on any atom is -0.308 e. The van der Waals surface area contributed by atoms with Gasteiger partial charge in [0.2, 0.25) is 0 Å². The van der Waals surface area contributed by atoms with E-state index in [1.54, 1.807) is 0 Å². The van der Waals surface area contributed by atoms with Crippen molar-refractivity contribution < 1.29 is 0 Å². The van der Waals surface area contributed by atoms with E-state index in [1.165, 1.54) is 5.57 Å². The molecule has 0 amide bonds. The van der Waals surface area contributed by atoms with E-state index in [9.17, 15) is 0 Å². The second-order valence-corrected chi connectivity index (χ2v) is 6.98. The molecular weight excluding hydrogens is 312 g/mol. The lowest BCUT2D eigenvalue weighted by molar-refractivity contribution is 0.445. The lowest BCUT2D eigenvalue weighted by Crippen LogP contribution is -2.36. The van der Waals surface area contributed by atoms with Crippen molar-refractivity contribution in [3.05, 3.63) is 46.1 Å². The van der Waals surface area contributed by atoms with Crippen molar-refractivity contribution in [1.82, 2.24) is 10.3 Å². The quantitative estimate of drug-likeness (QED) is 0.874. The lowest BCUT2D eigenvalue weighted by Gasteiger charge is -2.20. The highest BCUT2D eigenvalue weighted by Crippen LogP contribution is 2.26. The molecule has 0 atom stereocenters. The summed E-state index contributed by atoms with van der Waals surface area (Å²) >= 11 is 3.58. The number of nitrogens with zero attached hydrogens (tertiary/aromatic N) is 1. The van der Waals surface area contributed by atoms with Crippen LogP contribution in [0.25, 0.3) is 17.0 Å². The van der Waals surface area contributed by atoms with Crippen molar-refractivity contribution >= 4 is 32.9 Å². The first-order valence-corrected chi connectivity index (χ1v) is 7.61. The van der Waals surface area contributed by atoms with Crippen LogP contribution in [-0.4, -0.2) is 17.1 Å². The molecule has 3 heteroatoms. The molecule has 2 rings (SSSR count). The maximum absolute atomic E-state index is 4.51. The van der Waals surface area contributed by atoms with E-state index in [1.807, 2.05) is 12.3 Å². The highest BCUT2D eigenvalue weighted by atomic mass is 79.9. The first-order chi connectivity index (χ1) is 9.37. The predicted molar refractivity (Wildman–Crippen MR) is 90.8 cm³/mol. The first kappa shape index (κ1) is 15.2. The summed E-state index contributed by atoms with van der Waals surface area (Å²) in [6.07, 6.45) is 4.05. The number of nitrogens with one attached hydrogen (secondary N) is 1. The van der Waals surface area contributed by atoms with Gasteiger partial charge in [-0.2, -0.15) is 0 Å². The molecule has 0 aliphatic heterocycles. The van der Waals surface area contributed by atoms with Crippen LogP contribution < -0.4 is 5.32 Å². The Labute approximate surface area is 129 Å². The SMILES string of the molecule is C/C(=C/c1ccc(Br)c2cccnc12)CNC(C)(C)C. The van der Waals surface area contributed by atoms with Gasteiger partial charge in [-0.3, -0.25) is 4.98 Å². The third kappa shape index (κ3) is 3.90. The van der Waals surface area contributed by atoms with E-state index in [2.05, 4.69) is 78.2 Å². The second-order valence-electron chi connectivity index (χ2n) is 6.13. The molecule has 2 nitrogen and oxygen atoms in total. The zero-order valence-corrected chi connectivity index (χ0v) is 14.1. The summed E-state index contributed by atoms with van der Waals surface area (Å²) in [5.74, 6) is 0. The van der Waals surface area contributed by atoms with Crippen molar-refractivity contribution in [2.24, 2.45) is 0 Å². The van der Waals surface area contributed by atoms with Gasteiger partial charge in [0.25, 0.3) is 0 Å². The molecule has 20 heavy (non-hydrogen) atoms. The molecule has 2 aromatic rings. The van der Waals surface area contributed by atoms with Crippen molar-refractivity contribution in [3.8, 4) is 0 Å². The summed E-state index contributed by atoms with van der Waals surface area (Å²) in [6, 6.07) is 8.25. The maximum Gasteiger partial charge on any atom is 0.0785 e. The number of rotatable bonds is 3. The summed E-state index contributed by atoms with van der Waals surface area (Å²) < 4.78 is 1.09. The third-order valence-corrected chi connectivity index (χ3v) is 3.74. The average Bonchev–Trinajstić information content (AvgIpc) is 2.39. The fourth-order valence-corrected chi connectivity index (χ4v) is 2.45. The Morgan fingerprint density at radius 3 is 2.75 bits per heavy atom. The zero-order chi connectivity index (χ0) is 14.8. The van der Waals surface area contributed by atoms with Crippen molar-refractivity contribution in [2.75, 3.05) is 6.54 Å². The van der Waals surface area contributed by atoms with Gasteiger partial charge in [0.15, 0.2) is 0 Å². The van der Waals surface area contributed by atoms with E-state index >= 15 is 0 Å². The zero-order valence-electron chi connectivity index (χ0n) is 12.5. The van der Waals surface area contributed by atoms with Gasteiger partial charge < -0.3 is 5.32 Å². The molecule has 1 heterocycles. The fraction of sp³-hybridized carbons (Fsp3) is 0.353. The molecule has 0 bridgehead atoms. The molecule has 0 saturated heterocycles. The van der Waals surface area contributed by atoms with Crippen LogP contribution >= 0.6 is 15.9 Å². The molecule has 106 valence electrons. The Hall–Kier alpha value is -1.19. The average molecular weight is 333 g/mol. The van der Waals surface area contributed by atoms with Crippen LogP contribution in [0.1, 0.15) is 33.3 Å². The minimum absolute atomic E-state index is 0.134. The summed E-state index contributed by atoms with van der Waals surface area (Å²) in [4.78, 5) is 4.51. The minimum atomic E-state index is 0.134. The van der Waals surface area contributed by atoms with Gasteiger partial charge in [-0.15, -0.1) is 0 Å². The normalized spacial score (nSPS) is 12.9. The lowest BCUT2D eigenvalue weighted by atomic mass is 10.1. The Kier molecular flexibility index (Phi) is 4.61. The molecule has 0 saturated carbocycles. The van der Waals surface area contributed by atoms with Crippen LogP contribution in [0.5, 0.6) is 0 Å². The molecule has 0 aliphatic carbocycles.